The van der Waals surface area contributed by atoms with E-state index in [1.807, 2.05) is 12.1 Å². The number of hydrogen-bond acceptors (Lipinski definition) is 6. The Kier molecular flexibility index (Phi) is 4.66. The first kappa shape index (κ1) is 18.1. The van der Waals surface area contributed by atoms with E-state index in [9.17, 15) is 5.11 Å². The van der Waals surface area contributed by atoms with Crippen LogP contribution < -0.4 is 5.32 Å². The van der Waals surface area contributed by atoms with Gasteiger partial charge in [-0.2, -0.15) is 0 Å². The van der Waals surface area contributed by atoms with Gasteiger partial charge in [0.1, 0.15) is 5.82 Å². The van der Waals surface area contributed by atoms with Crippen molar-refractivity contribution in [3.8, 4) is 12.3 Å². The molecule has 3 aromatic heterocycles. The SMILES string of the molecule is C#Cc1cnc2nc(Cc3ccc4nc(NC5CCCCC5O)sc4c3)[nH]c2c1. The molecule has 0 bridgehead atoms. The molecule has 7 heteroatoms. The van der Waals surface area contributed by atoms with Crippen LogP contribution in [0.5, 0.6) is 0 Å². The summed E-state index contributed by atoms with van der Waals surface area (Å²) in [7, 11) is 0. The third kappa shape index (κ3) is 3.69. The number of nitrogens with zero attached hydrogens (tertiary/aromatic N) is 3. The number of thiazole rings is 1. The summed E-state index contributed by atoms with van der Waals surface area (Å²) in [5.41, 5.74) is 4.39. The van der Waals surface area contributed by atoms with Gasteiger partial charge in [-0.05, 0) is 36.6 Å². The normalized spacial score (nSPS) is 19.4. The van der Waals surface area contributed by atoms with Gasteiger partial charge in [-0.3, -0.25) is 0 Å². The van der Waals surface area contributed by atoms with Crippen LogP contribution in [0.2, 0.25) is 0 Å². The third-order valence-electron chi connectivity index (χ3n) is 5.42. The van der Waals surface area contributed by atoms with Crippen molar-refractivity contribution in [1.29, 1.82) is 0 Å². The zero-order valence-corrected chi connectivity index (χ0v) is 16.7. The van der Waals surface area contributed by atoms with Gasteiger partial charge < -0.3 is 15.4 Å². The van der Waals surface area contributed by atoms with E-state index >= 15 is 0 Å². The highest BCUT2D eigenvalue weighted by Crippen LogP contribution is 2.30. The molecule has 1 aliphatic carbocycles. The number of aliphatic hydroxyl groups excluding tert-OH is 1. The summed E-state index contributed by atoms with van der Waals surface area (Å²) in [6.45, 7) is 0. The first-order valence-electron chi connectivity index (χ1n) is 9.83. The Morgan fingerprint density at radius 1 is 1.24 bits per heavy atom. The van der Waals surface area contributed by atoms with Crippen LogP contribution in [0.15, 0.2) is 30.5 Å². The van der Waals surface area contributed by atoms with Crippen molar-refractivity contribution in [3.63, 3.8) is 0 Å². The predicted octanol–water partition coefficient (Wildman–Crippen LogP) is 3.86. The maximum absolute atomic E-state index is 10.2. The standard InChI is InChI=1S/C22H21N5OS/c1-2-13-9-17-21(23-12-13)27-20(24-17)11-14-7-8-16-19(10-14)29-22(26-16)25-15-5-3-4-6-18(15)28/h1,7-10,12,15,18,28H,3-6,11H2,(H,25,26)(H,23,24,27). The van der Waals surface area contributed by atoms with E-state index in [2.05, 4.69) is 43.3 Å². The van der Waals surface area contributed by atoms with Crippen LogP contribution >= 0.6 is 11.3 Å². The number of aromatic amines is 1. The molecular weight excluding hydrogens is 382 g/mol. The van der Waals surface area contributed by atoms with E-state index in [0.29, 0.717) is 12.1 Å². The molecule has 146 valence electrons. The van der Waals surface area contributed by atoms with Gasteiger partial charge in [-0.15, -0.1) is 6.42 Å². The molecule has 3 N–H and O–H groups in total. The number of hydrogen-bond donors (Lipinski definition) is 3. The van der Waals surface area contributed by atoms with Crippen LogP contribution in [-0.2, 0) is 6.42 Å². The number of aliphatic hydroxyl groups is 1. The Morgan fingerprint density at radius 2 is 2.14 bits per heavy atom. The molecule has 5 rings (SSSR count). The summed E-state index contributed by atoms with van der Waals surface area (Å²) in [4.78, 5) is 16.9. The molecular formula is C22H21N5OS. The quantitative estimate of drug-likeness (QED) is 0.451. The largest absolute Gasteiger partial charge is 0.391 e. The molecule has 0 radical (unpaired) electrons. The van der Waals surface area contributed by atoms with Crippen molar-refractivity contribution in [2.45, 2.75) is 44.2 Å². The summed E-state index contributed by atoms with van der Waals surface area (Å²) in [6, 6.07) is 8.27. The van der Waals surface area contributed by atoms with Gasteiger partial charge >= 0.3 is 0 Å². The zero-order valence-electron chi connectivity index (χ0n) is 15.9. The van der Waals surface area contributed by atoms with Gasteiger partial charge in [0.2, 0.25) is 0 Å². The molecule has 0 spiro atoms. The first-order valence-corrected chi connectivity index (χ1v) is 10.6. The molecule has 1 aromatic carbocycles. The van der Waals surface area contributed by atoms with Gasteiger partial charge in [0, 0.05) is 18.2 Å². The molecule has 0 aliphatic heterocycles. The topological polar surface area (TPSA) is 86.7 Å². The van der Waals surface area contributed by atoms with E-state index in [0.717, 1.165) is 63.5 Å². The Hall–Kier alpha value is -2.95. The number of aromatic nitrogens is 4. The Balaban J connectivity index is 1.36. The number of anilines is 1. The highest BCUT2D eigenvalue weighted by atomic mass is 32.1. The number of benzene rings is 1. The number of H-pyrrole nitrogens is 1. The molecule has 3 heterocycles. The van der Waals surface area contributed by atoms with Crippen molar-refractivity contribution >= 4 is 37.8 Å². The first-order chi connectivity index (χ1) is 14.2. The van der Waals surface area contributed by atoms with E-state index in [4.69, 9.17) is 6.42 Å². The summed E-state index contributed by atoms with van der Waals surface area (Å²) in [5, 5.41) is 14.5. The molecule has 6 nitrogen and oxygen atoms in total. The van der Waals surface area contributed by atoms with Crippen molar-refractivity contribution < 1.29 is 5.11 Å². The van der Waals surface area contributed by atoms with Crippen LogP contribution in [-0.4, -0.2) is 37.2 Å². The molecule has 1 saturated carbocycles. The number of rotatable bonds is 4. The highest BCUT2D eigenvalue weighted by molar-refractivity contribution is 7.22. The van der Waals surface area contributed by atoms with E-state index in [1.54, 1.807) is 17.5 Å². The molecule has 0 saturated heterocycles. The van der Waals surface area contributed by atoms with Crippen molar-refractivity contribution in [2.75, 3.05) is 5.32 Å². The summed E-state index contributed by atoms with van der Waals surface area (Å²) >= 11 is 1.63. The number of fused-ring (bicyclic) bond motifs is 2. The fraction of sp³-hybridized carbons (Fsp3) is 0.318. The van der Waals surface area contributed by atoms with Crippen LogP contribution in [0.3, 0.4) is 0 Å². The molecule has 2 atom stereocenters. The Bertz CT molecular complexity index is 1220. The second-order valence-corrected chi connectivity index (χ2v) is 8.55. The molecule has 2 unspecified atom stereocenters. The van der Waals surface area contributed by atoms with Gasteiger partial charge in [0.25, 0.3) is 0 Å². The average molecular weight is 404 g/mol. The van der Waals surface area contributed by atoms with Gasteiger partial charge in [-0.1, -0.05) is 36.2 Å². The zero-order chi connectivity index (χ0) is 19.8. The second kappa shape index (κ2) is 7.47. The molecule has 1 fully saturated rings. The summed E-state index contributed by atoms with van der Waals surface area (Å²) < 4.78 is 1.12. The number of pyridine rings is 1. The van der Waals surface area contributed by atoms with Crippen LogP contribution in [0.4, 0.5) is 5.13 Å². The smallest absolute Gasteiger partial charge is 0.184 e. The Morgan fingerprint density at radius 3 is 3.00 bits per heavy atom. The van der Waals surface area contributed by atoms with Crippen LogP contribution in [0.25, 0.3) is 21.4 Å². The monoisotopic (exact) mass is 403 g/mol. The van der Waals surface area contributed by atoms with Crippen molar-refractivity contribution in [3.05, 3.63) is 47.4 Å². The maximum Gasteiger partial charge on any atom is 0.184 e. The van der Waals surface area contributed by atoms with E-state index in [-0.39, 0.29) is 12.1 Å². The fourth-order valence-electron chi connectivity index (χ4n) is 3.88. The lowest BCUT2D eigenvalue weighted by molar-refractivity contribution is 0.116. The van der Waals surface area contributed by atoms with Gasteiger partial charge in [-0.25, -0.2) is 15.0 Å². The maximum atomic E-state index is 10.2. The number of nitrogens with one attached hydrogen (secondary N) is 2. The Labute approximate surface area is 172 Å². The lowest BCUT2D eigenvalue weighted by atomic mass is 9.93. The van der Waals surface area contributed by atoms with Gasteiger partial charge in [0.05, 0.1) is 27.9 Å². The minimum Gasteiger partial charge on any atom is -0.391 e. The van der Waals surface area contributed by atoms with Crippen LogP contribution in [0, 0.1) is 12.3 Å². The lowest BCUT2D eigenvalue weighted by Crippen LogP contribution is -2.36. The molecule has 4 aromatic rings. The predicted molar refractivity (Wildman–Crippen MR) is 116 cm³/mol. The van der Waals surface area contributed by atoms with E-state index in [1.165, 1.54) is 0 Å². The summed E-state index contributed by atoms with van der Waals surface area (Å²) in [6.07, 6.45) is 11.6. The van der Waals surface area contributed by atoms with Crippen molar-refractivity contribution in [1.82, 2.24) is 19.9 Å². The second-order valence-electron chi connectivity index (χ2n) is 7.52. The average Bonchev–Trinajstić information content (AvgIpc) is 3.31. The highest BCUT2D eigenvalue weighted by Gasteiger charge is 2.23. The number of terminal acetylenes is 1. The third-order valence-corrected chi connectivity index (χ3v) is 6.37. The minimum absolute atomic E-state index is 0.0970. The van der Waals surface area contributed by atoms with Crippen LogP contribution in [0.1, 0.15) is 42.6 Å². The van der Waals surface area contributed by atoms with E-state index < -0.39 is 0 Å². The molecule has 0 amide bonds. The molecule has 1 aliphatic rings. The fourth-order valence-corrected chi connectivity index (χ4v) is 4.88. The molecule has 29 heavy (non-hydrogen) atoms. The number of imidazole rings is 1. The summed E-state index contributed by atoms with van der Waals surface area (Å²) in [5.74, 6) is 3.45. The van der Waals surface area contributed by atoms with Gasteiger partial charge in [0.15, 0.2) is 10.8 Å². The lowest BCUT2D eigenvalue weighted by Gasteiger charge is -2.27. The minimum atomic E-state index is -0.289. The van der Waals surface area contributed by atoms with Crippen molar-refractivity contribution in [2.24, 2.45) is 0 Å².